The lowest BCUT2D eigenvalue weighted by Gasteiger charge is -2.04. The number of nitrogens with zero attached hydrogens (tertiary/aromatic N) is 1. The van der Waals surface area contributed by atoms with E-state index in [4.69, 9.17) is 28.5 Å². The molecule has 2 aromatic rings. The minimum absolute atomic E-state index is 0.565. The van der Waals surface area contributed by atoms with Gasteiger partial charge in [-0.25, -0.2) is 0 Å². The van der Waals surface area contributed by atoms with Crippen molar-refractivity contribution in [3.8, 4) is 6.07 Å². The molecule has 0 N–H and O–H groups in total. The highest BCUT2D eigenvalue weighted by Crippen LogP contribution is 2.34. The summed E-state index contributed by atoms with van der Waals surface area (Å²) in [6.07, 6.45) is 0. The van der Waals surface area contributed by atoms with E-state index in [0.717, 1.165) is 9.79 Å². The zero-order valence-electron chi connectivity index (χ0n) is 8.65. The molecule has 0 unspecified atom stereocenters. The van der Waals surface area contributed by atoms with Crippen LogP contribution in [0.1, 0.15) is 5.56 Å². The van der Waals surface area contributed by atoms with E-state index in [9.17, 15) is 0 Å². The largest absolute Gasteiger partial charge is 0.192 e. The minimum Gasteiger partial charge on any atom is -0.192 e. The van der Waals surface area contributed by atoms with Crippen molar-refractivity contribution in [3.63, 3.8) is 0 Å². The Kier molecular flexibility index (Phi) is 3.96. The molecule has 2 rings (SSSR count). The van der Waals surface area contributed by atoms with Crippen LogP contribution in [0.15, 0.2) is 52.3 Å². The average molecular weight is 280 g/mol. The fourth-order valence-corrected chi connectivity index (χ4v) is 2.52. The second kappa shape index (κ2) is 5.46. The highest BCUT2D eigenvalue weighted by Gasteiger charge is 2.04. The number of hydrogen-bond donors (Lipinski definition) is 0. The second-order valence-electron chi connectivity index (χ2n) is 3.31. The molecular weight excluding hydrogens is 273 g/mol. The summed E-state index contributed by atoms with van der Waals surface area (Å²) in [5, 5.41) is 10.0. The van der Waals surface area contributed by atoms with Crippen molar-refractivity contribution in [2.45, 2.75) is 9.79 Å². The molecule has 0 saturated carbocycles. The first-order valence-electron chi connectivity index (χ1n) is 4.82. The zero-order valence-corrected chi connectivity index (χ0v) is 11.0. The summed E-state index contributed by atoms with van der Waals surface area (Å²) in [7, 11) is 0. The molecule has 0 bridgehead atoms. The lowest BCUT2D eigenvalue weighted by Crippen LogP contribution is -1.79. The molecule has 0 aliphatic heterocycles. The molecule has 0 atom stereocenters. The number of hydrogen-bond acceptors (Lipinski definition) is 2. The maximum absolute atomic E-state index is 8.74. The Morgan fingerprint density at radius 1 is 1.00 bits per heavy atom. The van der Waals surface area contributed by atoms with Gasteiger partial charge < -0.3 is 0 Å². The Morgan fingerprint density at radius 3 is 2.29 bits per heavy atom. The van der Waals surface area contributed by atoms with E-state index in [0.29, 0.717) is 15.6 Å². The van der Waals surface area contributed by atoms with Crippen LogP contribution in [0.4, 0.5) is 0 Å². The van der Waals surface area contributed by atoms with Gasteiger partial charge in [0.2, 0.25) is 0 Å². The normalized spacial score (nSPS) is 9.94. The Morgan fingerprint density at radius 2 is 1.71 bits per heavy atom. The van der Waals surface area contributed by atoms with Crippen LogP contribution < -0.4 is 0 Å². The molecular formula is C13H7Cl2NS. The van der Waals surface area contributed by atoms with Gasteiger partial charge in [0.25, 0.3) is 0 Å². The molecule has 0 aromatic heterocycles. The number of rotatable bonds is 2. The molecule has 0 radical (unpaired) electrons. The summed E-state index contributed by atoms with van der Waals surface area (Å²) in [5.41, 5.74) is 0.565. The smallest absolute Gasteiger partial charge is 0.0992 e. The van der Waals surface area contributed by atoms with E-state index in [1.807, 2.05) is 30.3 Å². The third-order valence-electron chi connectivity index (χ3n) is 2.10. The average Bonchev–Trinajstić information content (AvgIpc) is 2.34. The molecule has 4 heteroatoms. The molecule has 17 heavy (non-hydrogen) atoms. The number of halogens is 2. The molecule has 2 aromatic carbocycles. The standard InChI is InChI=1S/C13H7Cl2NS/c14-10-2-4-11(5-3-10)17-13-6-1-9(8-16)7-12(13)15/h1-7H. The van der Waals surface area contributed by atoms with E-state index >= 15 is 0 Å². The first-order valence-corrected chi connectivity index (χ1v) is 6.39. The van der Waals surface area contributed by atoms with Gasteiger partial charge in [-0.15, -0.1) is 0 Å². The van der Waals surface area contributed by atoms with Gasteiger partial charge in [-0.1, -0.05) is 35.0 Å². The summed E-state index contributed by atoms with van der Waals surface area (Å²) in [6, 6.07) is 14.9. The third kappa shape index (κ3) is 3.17. The first kappa shape index (κ1) is 12.3. The highest BCUT2D eigenvalue weighted by molar-refractivity contribution is 7.99. The molecule has 1 nitrogen and oxygen atoms in total. The van der Waals surface area contributed by atoms with Crippen molar-refractivity contribution in [2.75, 3.05) is 0 Å². The fraction of sp³-hybridized carbons (Fsp3) is 0. The van der Waals surface area contributed by atoms with E-state index in [2.05, 4.69) is 6.07 Å². The van der Waals surface area contributed by atoms with Crippen molar-refractivity contribution in [3.05, 3.63) is 58.1 Å². The summed E-state index contributed by atoms with van der Waals surface area (Å²) in [6.45, 7) is 0. The monoisotopic (exact) mass is 279 g/mol. The predicted octanol–water partition coefficient (Wildman–Crippen LogP) is 5.02. The molecule has 0 fully saturated rings. The van der Waals surface area contributed by atoms with Gasteiger partial charge in [-0.2, -0.15) is 5.26 Å². The SMILES string of the molecule is N#Cc1ccc(Sc2ccc(Cl)cc2)c(Cl)c1. The van der Waals surface area contributed by atoms with Crippen molar-refractivity contribution >= 4 is 35.0 Å². The maximum atomic E-state index is 8.74. The van der Waals surface area contributed by atoms with Crippen molar-refractivity contribution in [1.29, 1.82) is 5.26 Å². The van der Waals surface area contributed by atoms with Gasteiger partial charge in [-0.3, -0.25) is 0 Å². The zero-order chi connectivity index (χ0) is 12.3. The summed E-state index contributed by atoms with van der Waals surface area (Å²) < 4.78 is 0. The lowest BCUT2D eigenvalue weighted by atomic mass is 10.2. The molecule has 0 heterocycles. The van der Waals surface area contributed by atoms with Crippen LogP contribution in [0.3, 0.4) is 0 Å². The second-order valence-corrected chi connectivity index (χ2v) is 5.27. The van der Waals surface area contributed by atoms with Gasteiger partial charge in [-0.05, 0) is 42.5 Å². The Bertz CT molecular complexity index is 573. The topological polar surface area (TPSA) is 23.8 Å². The summed E-state index contributed by atoms with van der Waals surface area (Å²) >= 11 is 13.4. The number of nitriles is 1. The van der Waals surface area contributed by atoms with Gasteiger partial charge in [0.15, 0.2) is 0 Å². The molecule has 0 amide bonds. The van der Waals surface area contributed by atoms with Crippen molar-refractivity contribution in [1.82, 2.24) is 0 Å². The molecule has 0 spiro atoms. The highest BCUT2D eigenvalue weighted by atomic mass is 35.5. The van der Waals surface area contributed by atoms with E-state index in [-0.39, 0.29) is 0 Å². The molecule has 84 valence electrons. The Balaban J connectivity index is 2.25. The summed E-state index contributed by atoms with van der Waals surface area (Å²) in [4.78, 5) is 1.98. The lowest BCUT2D eigenvalue weighted by molar-refractivity contribution is 1.39. The first-order chi connectivity index (χ1) is 8.19. The predicted molar refractivity (Wildman–Crippen MR) is 71.7 cm³/mol. The van der Waals surface area contributed by atoms with Crippen molar-refractivity contribution in [2.24, 2.45) is 0 Å². The summed E-state index contributed by atoms with van der Waals surface area (Å²) in [5.74, 6) is 0. The van der Waals surface area contributed by atoms with Crippen LogP contribution in [0.25, 0.3) is 0 Å². The van der Waals surface area contributed by atoms with E-state index in [1.165, 1.54) is 0 Å². The van der Waals surface area contributed by atoms with Crippen LogP contribution in [0.5, 0.6) is 0 Å². The molecule has 0 aliphatic rings. The van der Waals surface area contributed by atoms with Crippen LogP contribution in [-0.4, -0.2) is 0 Å². The van der Waals surface area contributed by atoms with Crippen LogP contribution in [0.2, 0.25) is 10.0 Å². The van der Waals surface area contributed by atoms with Gasteiger partial charge in [0, 0.05) is 14.8 Å². The van der Waals surface area contributed by atoms with Crippen molar-refractivity contribution < 1.29 is 0 Å². The Hall–Kier alpha value is -1.14. The quantitative estimate of drug-likeness (QED) is 0.771. The third-order valence-corrected chi connectivity index (χ3v) is 3.86. The Labute approximate surface area is 114 Å². The number of benzene rings is 2. The van der Waals surface area contributed by atoms with E-state index in [1.54, 1.807) is 23.9 Å². The van der Waals surface area contributed by atoms with Crippen LogP contribution in [-0.2, 0) is 0 Å². The fourth-order valence-electron chi connectivity index (χ4n) is 1.28. The van der Waals surface area contributed by atoms with Gasteiger partial charge >= 0.3 is 0 Å². The van der Waals surface area contributed by atoms with E-state index < -0.39 is 0 Å². The maximum Gasteiger partial charge on any atom is 0.0992 e. The van der Waals surface area contributed by atoms with Crippen LogP contribution >= 0.6 is 35.0 Å². The molecule has 0 saturated heterocycles. The van der Waals surface area contributed by atoms with Crippen LogP contribution in [0, 0.1) is 11.3 Å². The minimum atomic E-state index is 0.565. The molecule has 0 aliphatic carbocycles. The van der Waals surface area contributed by atoms with Gasteiger partial charge in [0.05, 0.1) is 16.7 Å². The van der Waals surface area contributed by atoms with Gasteiger partial charge in [0.1, 0.15) is 0 Å².